The van der Waals surface area contributed by atoms with E-state index in [1.165, 1.54) is 25.7 Å². The summed E-state index contributed by atoms with van der Waals surface area (Å²) >= 11 is 1.95. The number of thioether (sulfide) groups is 1. The van der Waals surface area contributed by atoms with E-state index in [0.717, 1.165) is 23.1 Å². The monoisotopic (exact) mass is 210 g/mol. The zero-order chi connectivity index (χ0) is 9.80. The molecule has 14 heavy (non-hydrogen) atoms. The quantitative estimate of drug-likeness (QED) is 0.776. The van der Waals surface area contributed by atoms with Crippen LogP contribution in [0.3, 0.4) is 0 Å². The Balaban J connectivity index is 1.81. The van der Waals surface area contributed by atoms with Crippen LogP contribution in [-0.4, -0.2) is 21.5 Å². The average molecular weight is 210 g/mol. The number of H-pyrrole nitrogens is 1. The lowest BCUT2D eigenvalue weighted by Gasteiger charge is -2.05. The van der Waals surface area contributed by atoms with Gasteiger partial charge in [0.1, 0.15) is 5.82 Å². The Morgan fingerprint density at radius 2 is 2.36 bits per heavy atom. The van der Waals surface area contributed by atoms with Gasteiger partial charge < -0.3 is 4.98 Å². The number of nitrogens with one attached hydrogen (secondary N) is 1. The van der Waals surface area contributed by atoms with E-state index >= 15 is 0 Å². The van der Waals surface area contributed by atoms with Gasteiger partial charge in [0.15, 0.2) is 6.29 Å². The Kier molecular flexibility index (Phi) is 3.24. The second-order valence-electron chi connectivity index (χ2n) is 3.62. The molecule has 1 saturated carbocycles. The standard InChI is InChI=1S/C10H14N2OS/c13-6-8-5-11-10(12-8)7-14-9-3-1-2-4-9/h5-6,9H,1-4,7H2,(H,11,12). The molecule has 0 radical (unpaired) electrons. The van der Waals surface area contributed by atoms with Gasteiger partial charge in [-0.2, -0.15) is 11.8 Å². The third-order valence-electron chi connectivity index (χ3n) is 2.53. The Hall–Kier alpha value is -0.770. The van der Waals surface area contributed by atoms with Crippen LogP contribution in [0.1, 0.15) is 42.0 Å². The zero-order valence-electron chi connectivity index (χ0n) is 8.03. The molecule has 1 aromatic rings. The van der Waals surface area contributed by atoms with Crippen molar-refractivity contribution in [2.75, 3.05) is 0 Å². The minimum atomic E-state index is 0.576. The van der Waals surface area contributed by atoms with Crippen molar-refractivity contribution in [2.45, 2.75) is 36.7 Å². The molecule has 0 aliphatic heterocycles. The first-order valence-electron chi connectivity index (χ1n) is 4.99. The highest BCUT2D eigenvalue weighted by atomic mass is 32.2. The molecular formula is C10H14N2OS. The van der Waals surface area contributed by atoms with Gasteiger partial charge in [-0.25, -0.2) is 4.98 Å². The van der Waals surface area contributed by atoms with E-state index in [1.807, 2.05) is 11.8 Å². The summed E-state index contributed by atoms with van der Waals surface area (Å²) in [6, 6.07) is 0. The summed E-state index contributed by atoms with van der Waals surface area (Å²) in [5.41, 5.74) is 0.576. The van der Waals surface area contributed by atoms with Gasteiger partial charge in [-0.1, -0.05) is 12.8 Å². The van der Waals surface area contributed by atoms with Crippen LogP contribution in [0.2, 0.25) is 0 Å². The number of aromatic amines is 1. The maximum atomic E-state index is 10.4. The summed E-state index contributed by atoms with van der Waals surface area (Å²) in [5.74, 6) is 1.82. The van der Waals surface area contributed by atoms with Crippen molar-refractivity contribution < 1.29 is 4.79 Å². The van der Waals surface area contributed by atoms with Gasteiger partial charge in [0.25, 0.3) is 0 Å². The number of hydrogen-bond acceptors (Lipinski definition) is 3. The van der Waals surface area contributed by atoms with E-state index in [4.69, 9.17) is 0 Å². The number of hydrogen-bond donors (Lipinski definition) is 1. The number of carbonyl (C=O) groups excluding carboxylic acids is 1. The second-order valence-corrected chi connectivity index (χ2v) is 4.91. The van der Waals surface area contributed by atoms with Crippen LogP contribution in [-0.2, 0) is 5.75 Å². The van der Waals surface area contributed by atoms with Crippen LogP contribution in [0.5, 0.6) is 0 Å². The first-order valence-corrected chi connectivity index (χ1v) is 6.04. The normalized spacial score (nSPS) is 17.4. The van der Waals surface area contributed by atoms with Crippen molar-refractivity contribution in [3.63, 3.8) is 0 Å². The van der Waals surface area contributed by atoms with Crippen molar-refractivity contribution in [1.29, 1.82) is 0 Å². The number of rotatable bonds is 4. The summed E-state index contributed by atoms with van der Waals surface area (Å²) in [6.45, 7) is 0. The Morgan fingerprint density at radius 3 is 3.00 bits per heavy atom. The molecule has 1 fully saturated rings. The lowest BCUT2D eigenvalue weighted by atomic mass is 10.4. The summed E-state index contributed by atoms with van der Waals surface area (Å²) in [6.07, 6.45) is 7.82. The fourth-order valence-electron chi connectivity index (χ4n) is 1.76. The smallest absolute Gasteiger partial charge is 0.167 e. The molecule has 0 spiro atoms. The summed E-state index contributed by atoms with van der Waals surface area (Å²) in [7, 11) is 0. The molecule has 1 aliphatic rings. The van der Waals surface area contributed by atoms with E-state index in [0.29, 0.717) is 5.69 Å². The van der Waals surface area contributed by atoms with Gasteiger partial charge >= 0.3 is 0 Å². The predicted molar refractivity (Wildman–Crippen MR) is 57.5 cm³/mol. The molecule has 1 aromatic heterocycles. The molecule has 0 aromatic carbocycles. The SMILES string of the molecule is O=Cc1cnc(CSC2CCCC2)[nH]1. The van der Waals surface area contributed by atoms with Gasteiger partial charge in [0, 0.05) is 5.25 Å². The van der Waals surface area contributed by atoms with Crippen molar-refractivity contribution in [2.24, 2.45) is 0 Å². The van der Waals surface area contributed by atoms with Crippen molar-refractivity contribution in [3.8, 4) is 0 Å². The molecule has 3 nitrogen and oxygen atoms in total. The fourth-order valence-corrected chi connectivity index (χ4v) is 2.97. The number of aromatic nitrogens is 2. The number of nitrogens with zero attached hydrogens (tertiary/aromatic N) is 1. The van der Waals surface area contributed by atoms with Crippen LogP contribution in [0.4, 0.5) is 0 Å². The molecule has 76 valence electrons. The third-order valence-corrected chi connectivity index (χ3v) is 3.92. The fraction of sp³-hybridized carbons (Fsp3) is 0.600. The van der Waals surface area contributed by atoms with Gasteiger partial charge in [0.05, 0.1) is 17.6 Å². The molecule has 0 bridgehead atoms. The minimum Gasteiger partial charge on any atom is -0.339 e. The highest BCUT2D eigenvalue weighted by Gasteiger charge is 2.15. The summed E-state index contributed by atoms with van der Waals surface area (Å²) in [4.78, 5) is 17.5. The largest absolute Gasteiger partial charge is 0.339 e. The van der Waals surface area contributed by atoms with E-state index in [1.54, 1.807) is 6.20 Å². The Labute approximate surface area is 87.7 Å². The average Bonchev–Trinajstić information content (AvgIpc) is 2.86. The molecule has 0 saturated heterocycles. The van der Waals surface area contributed by atoms with Crippen molar-refractivity contribution >= 4 is 18.0 Å². The zero-order valence-corrected chi connectivity index (χ0v) is 8.85. The highest BCUT2D eigenvalue weighted by Crippen LogP contribution is 2.30. The van der Waals surface area contributed by atoms with Gasteiger partial charge in [0.2, 0.25) is 0 Å². The number of aldehydes is 1. The number of carbonyl (C=O) groups is 1. The second kappa shape index (κ2) is 4.64. The van der Waals surface area contributed by atoms with Gasteiger partial charge in [-0.3, -0.25) is 4.79 Å². The van der Waals surface area contributed by atoms with E-state index in [9.17, 15) is 4.79 Å². The Bertz CT molecular complexity index is 305. The van der Waals surface area contributed by atoms with E-state index in [-0.39, 0.29) is 0 Å². The maximum absolute atomic E-state index is 10.4. The first-order chi connectivity index (χ1) is 6.88. The Morgan fingerprint density at radius 1 is 1.57 bits per heavy atom. The maximum Gasteiger partial charge on any atom is 0.167 e. The minimum absolute atomic E-state index is 0.576. The molecule has 0 atom stereocenters. The van der Waals surface area contributed by atoms with Gasteiger partial charge in [-0.05, 0) is 12.8 Å². The molecule has 2 rings (SSSR count). The first kappa shape index (κ1) is 9.77. The lowest BCUT2D eigenvalue weighted by Crippen LogP contribution is -1.95. The molecule has 1 N–H and O–H groups in total. The van der Waals surface area contributed by atoms with E-state index < -0.39 is 0 Å². The predicted octanol–water partition coefficient (Wildman–Crippen LogP) is 2.40. The van der Waals surface area contributed by atoms with Gasteiger partial charge in [-0.15, -0.1) is 0 Å². The third kappa shape index (κ3) is 2.38. The van der Waals surface area contributed by atoms with Crippen LogP contribution in [0.15, 0.2) is 6.20 Å². The lowest BCUT2D eigenvalue weighted by molar-refractivity contribution is 0.111. The van der Waals surface area contributed by atoms with Crippen LogP contribution >= 0.6 is 11.8 Å². The van der Waals surface area contributed by atoms with E-state index in [2.05, 4.69) is 9.97 Å². The highest BCUT2D eigenvalue weighted by molar-refractivity contribution is 7.99. The molecule has 0 unspecified atom stereocenters. The summed E-state index contributed by atoms with van der Waals surface area (Å²) < 4.78 is 0. The molecule has 4 heteroatoms. The molecule has 1 heterocycles. The van der Waals surface area contributed by atoms with Crippen molar-refractivity contribution in [1.82, 2.24) is 9.97 Å². The van der Waals surface area contributed by atoms with Crippen LogP contribution in [0, 0.1) is 0 Å². The molecular weight excluding hydrogens is 196 g/mol. The number of imidazole rings is 1. The summed E-state index contributed by atoms with van der Waals surface area (Å²) in [5, 5.41) is 0.805. The molecule has 0 amide bonds. The van der Waals surface area contributed by atoms with Crippen molar-refractivity contribution in [3.05, 3.63) is 17.7 Å². The van der Waals surface area contributed by atoms with Crippen LogP contribution < -0.4 is 0 Å². The molecule has 1 aliphatic carbocycles. The van der Waals surface area contributed by atoms with Crippen LogP contribution in [0.25, 0.3) is 0 Å². The topological polar surface area (TPSA) is 45.8 Å².